The molecule has 1 aliphatic carbocycles. The topological polar surface area (TPSA) is 79.0 Å². The molecule has 0 atom stereocenters. The number of ketones is 1. The molecule has 1 heterocycles. The number of fused-ring (bicyclic) bond motifs is 1. The highest BCUT2D eigenvalue weighted by atomic mass is 16.2. The maximum absolute atomic E-state index is 12.5. The molecule has 1 aliphatic rings. The summed E-state index contributed by atoms with van der Waals surface area (Å²) in [5, 5.41) is 2.76. The van der Waals surface area contributed by atoms with Crippen LogP contribution in [0.2, 0.25) is 0 Å². The number of carbonyl (C=O) groups excluding carboxylic acids is 2. The van der Waals surface area contributed by atoms with Crippen molar-refractivity contribution in [3.05, 3.63) is 62.6 Å². The third-order valence-electron chi connectivity index (χ3n) is 4.59. The fourth-order valence-electron chi connectivity index (χ4n) is 3.34. The summed E-state index contributed by atoms with van der Waals surface area (Å²) in [5.74, 6) is -0.545. The van der Waals surface area contributed by atoms with E-state index < -0.39 is 11.5 Å². The second kappa shape index (κ2) is 5.99. The Kier molecular flexibility index (Phi) is 4.11. The molecule has 0 fully saturated rings. The zero-order valence-electron chi connectivity index (χ0n) is 14.9. The predicted octanol–water partition coefficient (Wildman–Crippen LogP) is 3.40. The van der Waals surface area contributed by atoms with Crippen molar-refractivity contribution in [2.24, 2.45) is 5.41 Å². The number of hydrogen-bond donors (Lipinski definition) is 2. The number of benzene rings is 1. The SMILES string of the molecule is Cc1ccc(NC(=O)c2cc3c([nH]c2=O)CC(C)(C)CC3=O)c(C)c1. The second-order valence-corrected chi connectivity index (χ2v) is 7.62. The van der Waals surface area contributed by atoms with Gasteiger partial charge in [0.1, 0.15) is 5.56 Å². The Bertz CT molecular complexity index is 938. The second-order valence-electron chi connectivity index (χ2n) is 7.62. The molecule has 0 bridgehead atoms. The van der Waals surface area contributed by atoms with Gasteiger partial charge in [-0.1, -0.05) is 31.5 Å². The summed E-state index contributed by atoms with van der Waals surface area (Å²) in [6.45, 7) is 7.85. The van der Waals surface area contributed by atoms with Crippen molar-refractivity contribution >= 4 is 17.4 Å². The fourth-order valence-corrected chi connectivity index (χ4v) is 3.34. The van der Waals surface area contributed by atoms with E-state index in [4.69, 9.17) is 0 Å². The lowest BCUT2D eigenvalue weighted by atomic mass is 9.75. The number of aromatic nitrogens is 1. The van der Waals surface area contributed by atoms with Crippen LogP contribution in [-0.2, 0) is 6.42 Å². The first kappa shape index (κ1) is 17.1. The number of amides is 1. The number of rotatable bonds is 2. The number of nitrogens with one attached hydrogen (secondary N) is 2. The smallest absolute Gasteiger partial charge is 0.261 e. The normalized spacial score (nSPS) is 15.6. The third-order valence-corrected chi connectivity index (χ3v) is 4.59. The largest absolute Gasteiger partial charge is 0.325 e. The molecule has 0 spiro atoms. The van der Waals surface area contributed by atoms with Crippen LogP contribution in [0.5, 0.6) is 0 Å². The van der Waals surface area contributed by atoms with Crippen molar-refractivity contribution in [3.8, 4) is 0 Å². The Morgan fingerprint density at radius 3 is 2.52 bits per heavy atom. The van der Waals surface area contributed by atoms with Crippen LogP contribution in [0.4, 0.5) is 5.69 Å². The summed E-state index contributed by atoms with van der Waals surface area (Å²) in [7, 11) is 0. The molecule has 0 aliphatic heterocycles. The molecule has 25 heavy (non-hydrogen) atoms. The number of anilines is 1. The van der Waals surface area contributed by atoms with Crippen LogP contribution in [0.15, 0.2) is 29.1 Å². The first-order valence-electron chi connectivity index (χ1n) is 8.34. The summed E-state index contributed by atoms with van der Waals surface area (Å²) < 4.78 is 0. The van der Waals surface area contributed by atoms with Crippen LogP contribution < -0.4 is 10.9 Å². The molecule has 0 radical (unpaired) electrons. The van der Waals surface area contributed by atoms with E-state index in [2.05, 4.69) is 10.3 Å². The Morgan fingerprint density at radius 2 is 1.84 bits per heavy atom. The molecule has 1 amide bonds. The van der Waals surface area contributed by atoms with E-state index >= 15 is 0 Å². The molecule has 2 N–H and O–H groups in total. The molecule has 1 aromatic heterocycles. The van der Waals surface area contributed by atoms with Gasteiger partial charge in [-0.25, -0.2) is 0 Å². The number of carbonyl (C=O) groups is 2. The summed E-state index contributed by atoms with van der Waals surface area (Å²) in [6.07, 6.45) is 1.02. The molecule has 130 valence electrons. The van der Waals surface area contributed by atoms with E-state index in [1.54, 1.807) is 0 Å². The molecule has 0 saturated heterocycles. The summed E-state index contributed by atoms with van der Waals surface area (Å²) in [4.78, 5) is 40.0. The van der Waals surface area contributed by atoms with E-state index in [9.17, 15) is 14.4 Å². The summed E-state index contributed by atoms with van der Waals surface area (Å²) in [6, 6.07) is 7.09. The Morgan fingerprint density at radius 1 is 1.12 bits per heavy atom. The first-order valence-corrected chi connectivity index (χ1v) is 8.34. The lowest BCUT2D eigenvalue weighted by molar-refractivity contribution is 0.0910. The van der Waals surface area contributed by atoms with Crippen molar-refractivity contribution in [3.63, 3.8) is 0 Å². The molecular formula is C20H22N2O3. The van der Waals surface area contributed by atoms with Gasteiger partial charge in [0.15, 0.2) is 5.78 Å². The van der Waals surface area contributed by atoms with Gasteiger partial charge in [-0.3, -0.25) is 14.4 Å². The number of aromatic amines is 1. The van der Waals surface area contributed by atoms with Crippen molar-refractivity contribution in [2.45, 2.75) is 40.5 Å². The van der Waals surface area contributed by atoms with Crippen LogP contribution in [-0.4, -0.2) is 16.7 Å². The average Bonchev–Trinajstić information content (AvgIpc) is 2.48. The number of Topliss-reactive ketones (excluding diaryl/α,β-unsaturated/α-hetero) is 1. The van der Waals surface area contributed by atoms with Gasteiger partial charge in [-0.15, -0.1) is 0 Å². The minimum absolute atomic E-state index is 0.0354. The molecule has 1 aromatic carbocycles. The first-order chi connectivity index (χ1) is 11.7. The van der Waals surface area contributed by atoms with E-state index in [0.717, 1.165) is 11.1 Å². The van der Waals surface area contributed by atoms with E-state index in [-0.39, 0.29) is 16.8 Å². The quantitative estimate of drug-likeness (QED) is 0.881. The summed E-state index contributed by atoms with van der Waals surface area (Å²) in [5.41, 5.74) is 3.05. The molecule has 3 rings (SSSR count). The summed E-state index contributed by atoms with van der Waals surface area (Å²) >= 11 is 0. The van der Waals surface area contributed by atoms with Crippen LogP contribution in [0.25, 0.3) is 0 Å². The third kappa shape index (κ3) is 3.40. The number of hydrogen-bond acceptors (Lipinski definition) is 3. The van der Waals surface area contributed by atoms with Gasteiger partial charge in [0, 0.05) is 23.4 Å². The number of pyridine rings is 1. The van der Waals surface area contributed by atoms with Gasteiger partial charge < -0.3 is 10.3 Å². The zero-order valence-corrected chi connectivity index (χ0v) is 14.9. The van der Waals surface area contributed by atoms with Gasteiger partial charge in [0.05, 0.1) is 0 Å². The van der Waals surface area contributed by atoms with Crippen molar-refractivity contribution < 1.29 is 9.59 Å². The van der Waals surface area contributed by atoms with Crippen LogP contribution in [0.1, 0.15) is 57.8 Å². The minimum Gasteiger partial charge on any atom is -0.325 e. The molecule has 0 unspecified atom stereocenters. The molecule has 5 heteroatoms. The lowest BCUT2D eigenvalue weighted by Crippen LogP contribution is -2.32. The van der Waals surface area contributed by atoms with Gasteiger partial charge in [0.2, 0.25) is 0 Å². The monoisotopic (exact) mass is 338 g/mol. The molecule has 5 nitrogen and oxygen atoms in total. The highest BCUT2D eigenvalue weighted by Gasteiger charge is 2.32. The number of aryl methyl sites for hydroxylation is 2. The zero-order chi connectivity index (χ0) is 18.4. The Hall–Kier alpha value is -2.69. The maximum atomic E-state index is 12.5. The predicted molar refractivity (Wildman–Crippen MR) is 97.4 cm³/mol. The van der Waals surface area contributed by atoms with Crippen LogP contribution >= 0.6 is 0 Å². The Balaban J connectivity index is 1.95. The van der Waals surface area contributed by atoms with E-state index in [1.807, 2.05) is 45.9 Å². The van der Waals surface area contributed by atoms with E-state index in [0.29, 0.717) is 29.8 Å². The van der Waals surface area contributed by atoms with Crippen molar-refractivity contribution in [2.75, 3.05) is 5.32 Å². The van der Waals surface area contributed by atoms with E-state index in [1.165, 1.54) is 6.07 Å². The van der Waals surface area contributed by atoms with Gasteiger partial charge in [-0.2, -0.15) is 0 Å². The average molecular weight is 338 g/mol. The highest BCUT2D eigenvalue weighted by Crippen LogP contribution is 2.33. The molecular weight excluding hydrogens is 316 g/mol. The standard InChI is InChI=1S/C20H22N2O3/c1-11-5-6-15(12(2)7-11)21-18(24)14-8-13-16(22-19(14)25)9-20(3,4)10-17(13)23/h5-8H,9-10H2,1-4H3,(H,21,24)(H,22,25). The van der Waals surface area contributed by atoms with Crippen LogP contribution in [0.3, 0.4) is 0 Å². The van der Waals surface area contributed by atoms with Gasteiger partial charge in [-0.05, 0) is 43.4 Å². The molecule has 0 saturated carbocycles. The van der Waals surface area contributed by atoms with Crippen molar-refractivity contribution in [1.29, 1.82) is 0 Å². The molecule has 2 aromatic rings. The minimum atomic E-state index is -0.506. The van der Waals surface area contributed by atoms with Gasteiger partial charge in [0.25, 0.3) is 11.5 Å². The fraction of sp³-hybridized carbons (Fsp3) is 0.350. The maximum Gasteiger partial charge on any atom is 0.261 e. The lowest BCUT2D eigenvalue weighted by Gasteiger charge is -2.29. The highest BCUT2D eigenvalue weighted by molar-refractivity contribution is 6.07. The number of H-pyrrole nitrogens is 1. The van der Waals surface area contributed by atoms with Crippen LogP contribution in [0, 0.1) is 19.3 Å². The Labute approximate surface area is 146 Å². The van der Waals surface area contributed by atoms with Crippen molar-refractivity contribution in [1.82, 2.24) is 4.98 Å². The van der Waals surface area contributed by atoms with Gasteiger partial charge >= 0.3 is 0 Å².